The number of anilines is 1. The molecule has 0 fully saturated rings. The van der Waals surface area contributed by atoms with Gasteiger partial charge in [0.2, 0.25) is 10.0 Å². The number of rotatable bonds is 7. The van der Waals surface area contributed by atoms with E-state index in [4.69, 9.17) is 4.74 Å². The Bertz CT molecular complexity index is 986. The van der Waals surface area contributed by atoms with Gasteiger partial charge in [0.1, 0.15) is 5.75 Å². The second-order valence-electron chi connectivity index (χ2n) is 6.09. The molecule has 0 atom stereocenters. The van der Waals surface area contributed by atoms with Gasteiger partial charge in [0.25, 0.3) is 5.91 Å². The summed E-state index contributed by atoms with van der Waals surface area (Å²) >= 11 is 0. The topological polar surface area (TPSA) is 102 Å². The molecule has 0 heterocycles. The maximum Gasteiger partial charge on any atom is 0.339 e. The largest absolute Gasteiger partial charge is 0.483 e. The zero-order valence-corrected chi connectivity index (χ0v) is 16.9. The van der Waals surface area contributed by atoms with Crippen LogP contribution in [0.15, 0.2) is 47.4 Å². The molecule has 8 nitrogen and oxygen atoms in total. The summed E-state index contributed by atoms with van der Waals surface area (Å²) < 4.78 is 35.6. The molecule has 0 saturated carbocycles. The lowest BCUT2D eigenvalue weighted by Gasteiger charge is -2.14. The molecule has 0 aliphatic carbocycles. The highest BCUT2D eigenvalue weighted by atomic mass is 32.2. The lowest BCUT2D eigenvalue weighted by atomic mass is 10.2. The van der Waals surface area contributed by atoms with Gasteiger partial charge in [-0.2, -0.15) is 0 Å². The van der Waals surface area contributed by atoms with Crippen LogP contribution in [0.2, 0.25) is 0 Å². The summed E-state index contributed by atoms with van der Waals surface area (Å²) in [4.78, 5) is 24.1. The summed E-state index contributed by atoms with van der Waals surface area (Å²) in [5.74, 6) is -0.653. The number of para-hydroxylation sites is 1. The third kappa shape index (κ3) is 4.87. The fraction of sp³-hybridized carbons (Fsp3) is 0.263. The Morgan fingerprint density at radius 1 is 1.11 bits per heavy atom. The monoisotopic (exact) mass is 406 g/mol. The van der Waals surface area contributed by atoms with Crippen molar-refractivity contribution in [3.63, 3.8) is 0 Å². The Morgan fingerprint density at radius 3 is 2.39 bits per heavy atom. The van der Waals surface area contributed by atoms with Gasteiger partial charge in [-0.25, -0.2) is 17.5 Å². The number of aryl methyl sites for hydroxylation is 1. The zero-order chi connectivity index (χ0) is 20.9. The number of carbonyl (C=O) groups is 2. The molecule has 0 unspecified atom stereocenters. The highest BCUT2D eigenvalue weighted by molar-refractivity contribution is 7.89. The normalized spacial score (nSPS) is 11.2. The first kappa shape index (κ1) is 21.4. The van der Waals surface area contributed by atoms with E-state index in [1.54, 1.807) is 25.1 Å². The van der Waals surface area contributed by atoms with E-state index in [2.05, 4.69) is 10.1 Å². The Labute approximate surface area is 164 Å². The summed E-state index contributed by atoms with van der Waals surface area (Å²) in [5, 5.41) is 2.60. The number of amides is 1. The van der Waals surface area contributed by atoms with Crippen LogP contribution in [0.5, 0.6) is 5.75 Å². The van der Waals surface area contributed by atoms with Crippen LogP contribution in [0, 0.1) is 6.92 Å². The minimum Gasteiger partial charge on any atom is -0.483 e. The van der Waals surface area contributed by atoms with Crippen LogP contribution in [-0.4, -0.2) is 52.4 Å². The first-order valence-electron chi connectivity index (χ1n) is 8.30. The number of nitrogens with one attached hydrogen (secondary N) is 1. The number of hydrogen-bond donors (Lipinski definition) is 1. The smallest absolute Gasteiger partial charge is 0.339 e. The lowest BCUT2D eigenvalue weighted by Crippen LogP contribution is -2.23. The molecule has 150 valence electrons. The molecule has 0 saturated heterocycles. The minimum atomic E-state index is -3.55. The number of hydrogen-bond acceptors (Lipinski definition) is 6. The number of esters is 1. The van der Waals surface area contributed by atoms with Crippen molar-refractivity contribution in [3.05, 3.63) is 53.6 Å². The SMILES string of the molecule is COC(=O)c1ccccc1NC(=O)COc1ccc(S(=O)(=O)N(C)C)cc1C. The van der Waals surface area contributed by atoms with Crippen LogP contribution < -0.4 is 10.1 Å². The van der Waals surface area contributed by atoms with Gasteiger partial charge in [0, 0.05) is 14.1 Å². The molecular formula is C19H22N2O6S. The molecule has 2 rings (SSSR count). The summed E-state index contributed by atoms with van der Waals surface area (Å²) in [6.45, 7) is 1.38. The Kier molecular flexibility index (Phi) is 6.76. The Hall–Kier alpha value is -2.91. The maximum atomic E-state index is 12.2. The molecule has 1 N–H and O–H groups in total. The van der Waals surface area contributed by atoms with Gasteiger partial charge >= 0.3 is 5.97 Å². The molecule has 9 heteroatoms. The van der Waals surface area contributed by atoms with E-state index in [1.807, 2.05) is 0 Å². The van der Waals surface area contributed by atoms with Gasteiger partial charge in [-0.1, -0.05) is 12.1 Å². The summed E-state index contributed by atoms with van der Waals surface area (Å²) in [6, 6.07) is 10.9. The van der Waals surface area contributed by atoms with Crippen molar-refractivity contribution in [2.24, 2.45) is 0 Å². The molecular weight excluding hydrogens is 384 g/mol. The number of sulfonamides is 1. The van der Waals surface area contributed by atoms with Gasteiger partial charge in [0.05, 0.1) is 23.3 Å². The molecule has 0 radical (unpaired) electrons. The molecule has 1 amide bonds. The fourth-order valence-electron chi connectivity index (χ4n) is 2.36. The highest BCUT2D eigenvalue weighted by Gasteiger charge is 2.18. The molecule has 2 aromatic rings. The Morgan fingerprint density at radius 2 is 1.79 bits per heavy atom. The van der Waals surface area contributed by atoms with E-state index in [0.29, 0.717) is 17.0 Å². The van der Waals surface area contributed by atoms with E-state index in [0.717, 1.165) is 4.31 Å². The third-order valence-electron chi connectivity index (χ3n) is 3.89. The highest BCUT2D eigenvalue weighted by Crippen LogP contribution is 2.23. The van der Waals surface area contributed by atoms with Crippen molar-refractivity contribution in [1.82, 2.24) is 4.31 Å². The summed E-state index contributed by atoms with van der Waals surface area (Å²) in [6.07, 6.45) is 0. The van der Waals surface area contributed by atoms with Gasteiger partial charge in [-0.05, 0) is 42.8 Å². The molecule has 0 spiro atoms. The third-order valence-corrected chi connectivity index (χ3v) is 5.70. The van der Waals surface area contributed by atoms with Crippen molar-refractivity contribution in [2.75, 3.05) is 33.1 Å². The average molecular weight is 406 g/mol. The van der Waals surface area contributed by atoms with Crippen LogP contribution in [0.25, 0.3) is 0 Å². The summed E-state index contributed by atoms with van der Waals surface area (Å²) in [7, 11) is 0.608. The number of carbonyl (C=O) groups excluding carboxylic acids is 2. The zero-order valence-electron chi connectivity index (χ0n) is 16.1. The minimum absolute atomic E-state index is 0.138. The predicted octanol–water partition coefficient (Wildman–Crippen LogP) is 2.05. The number of nitrogens with zero attached hydrogens (tertiary/aromatic N) is 1. The predicted molar refractivity (Wildman–Crippen MR) is 104 cm³/mol. The van der Waals surface area contributed by atoms with Gasteiger partial charge in [-0.3, -0.25) is 4.79 Å². The first-order chi connectivity index (χ1) is 13.2. The molecule has 28 heavy (non-hydrogen) atoms. The van der Waals surface area contributed by atoms with Crippen LogP contribution in [0.1, 0.15) is 15.9 Å². The van der Waals surface area contributed by atoms with Crippen molar-refractivity contribution in [2.45, 2.75) is 11.8 Å². The quantitative estimate of drug-likeness (QED) is 0.706. The second-order valence-corrected chi connectivity index (χ2v) is 8.24. The standard InChI is InChI=1S/C19H22N2O6S/c1-13-11-14(28(24,25)21(2)3)9-10-17(13)27-12-18(22)20-16-8-6-5-7-15(16)19(23)26-4/h5-11H,12H2,1-4H3,(H,20,22). The van der Waals surface area contributed by atoms with Crippen molar-refractivity contribution in [1.29, 1.82) is 0 Å². The number of benzene rings is 2. The van der Waals surface area contributed by atoms with Crippen molar-refractivity contribution in [3.8, 4) is 5.75 Å². The average Bonchev–Trinajstić information content (AvgIpc) is 2.66. The molecule has 0 bridgehead atoms. The van der Waals surface area contributed by atoms with E-state index >= 15 is 0 Å². The fourth-order valence-corrected chi connectivity index (χ4v) is 3.35. The van der Waals surface area contributed by atoms with Crippen molar-refractivity contribution >= 4 is 27.6 Å². The molecule has 0 aromatic heterocycles. The van der Waals surface area contributed by atoms with Crippen LogP contribution >= 0.6 is 0 Å². The van der Waals surface area contributed by atoms with Crippen LogP contribution in [0.4, 0.5) is 5.69 Å². The van der Waals surface area contributed by atoms with Gasteiger partial charge in [-0.15, -0.1) is 0 Å². The lowest BCUT2D eigenvalue weighted by molar-refractivity contribution is -0.118. The van der Waals surface area contributed by atoms with Gasteiger partial charge in [0.15, 0.2) is 6.61 Å². The second kappa shape index (κ2) is 8.85. The molecule has 0 aliphatic rings. The van der Waals surface area contributed by atoms with Gasteiger partial charge < -0.3 is 14.8 Å². The Balaban J connectivity index is 2.07. The van der Waals surface area contributed by atoms with E-state index in [1.165, 1.54) is 45.5 Å². The van der Waals surface area contributed by atoms with Crippen LogP contribution in [0.3, 0.4) is 0 Å². The number of methoxy groups -OCH3 is 1. The van der Waals surface area contributed by atoms with E-state index < -0.39 is 21.9 Å². The van der Waals surface area contributed by atoms with Crippen molar-refractivity contribution < 1.29 is 27.5 Å². The molecule has 2 aromatic carbocycles. The first-order valence-corrected chi connectivity index (χ1v) is 9.74. The van der Waals surface area contributed by atoms with E-state index in [-0.39, 0.29) is 17.1 Å². The van der Waals surface area contributed by atoms with Crippen LogP contribution in [-0.2, 0) is 19.6 Å². The molecule has 0 aliphatic heterocycles. The van der Waals surface area contributed by atoms with E-state index in [9.17, 15) is 18.0 Å². The maximum absolute atomic E-state index is 12.2. The number of ether oxygens (including phenoxy) is 2. The summed E-state index contributed by atoms with van der Waals surface area (Å²) in [5.41, 5.74) is 1.12.